The largest absolute Gasteiger partial charge is 0.342 e. The first kappa shape index (κ1) is 30.7. The molecule has 7 rings (SSSR count). The number of carbonyl (C=O) groups excluding carboxylic acids is 1. The molecule has 2 saturated carbocycles. The Morgan fingerprint density at radius 3 is 2.23 bits per heavy atom. The van der Waals surface area contributed by atoms with E-state index in [1.54, 1.807) is 0 Å². The molecule has 2 aromatic rings. The molecule has 1 amide bonds. The molecule has 5 fully saturated rings. The third-order valence-corrected chi connectivity index (χ3v) is 13.0. The van der Waals surface area contributed by atoms with Gasteiger partial charge in [0.15, 0.2) is 0 Å². The fourth-order valence-electron chi connectivity index (χ4n) is 11.0. The summed E-state index contributed by atoms with van der Waals surface area (Å²) in [6.07, 6.45) is 16.5. The number of rotatable bonds is 8. The van der Waals surface area contributed by atoms with E-state index in [1.165, 1.54) is 81.1 Å². The number of piperidine rings is 2. The summed E-state index contributed by atoms with van der Waals surface area (Å²) in [7, 11) is 0. The first-order chi connectivity index (χ1) is 21.4. The smallest absolute Gasteiger partial charge is 0.236 e. The molecule has 0 spiro atoms. The number of likely N-dealkylation sites (tertiary alicyclic amines) is 1. The van der Waals surface area contributed by atoms with Crippen molar-refractivity contribution >= 4 is 16.9 Å². The van der Waals surface area contributed by atoms with Gasteiger partial charge in [-0.25, -0.2) is 4.98 Å². The van der Waals surface area contributed by atoms with Crippen molar-refractivity contribution in [3.63, 3.8) is 0 Å². The molecule has 6 nitrogen and oxygen atoms in total. The van der Waals surface area contributed by atoms with Gasteiger partial charge in [0.05, 0.1) is 17.6 Å². The second kappa shape index (κ2) is 13.1. The van der Waals surface area contributed by atoms with Crippen molar-refractivity contribution in [3.8, 4) is 0 Å². The predicted octanol–water partition coefficient (Wildman–Crippen LogP) is 7.18. The van der Waals surface area contributed by atoms with E-state index in [-0.39, 0.29) is 5.91 Å². The van der Waals surface area contributed by atoms with Crippen molar-refractivity contribution in [1.29, 1.82) is 0 Å². The Kier molecular flexibility index (Phi) is 9.12. The number of imidazole rings is 1. The van der Waals surface area contributed by atoms with Crippen LogP contribution in [0.4, 0.5) is 0 Å². The number of fused-ring (bicyclic) bond motifs is 5. The van der Waals surface area contributed by atoms with Crippen LogP contribution in [0.3, 0.4) is 0 Å². The lowest BCUT2D eigenvalue weighted by atomic mass is 9.68. The van der Waals surface area contributed by atoms with E-state index in [4.69, 9.17) is 4.98 Å². The molecule has 6 heteroatoms. The highest BCUT2D eigenvalue weighted by molar-refractivity contribution is 5.78. The van der Waals surface area contributed by atoms with E-state index in [2.05, 4.69) is 66.3 Å². The highest BCUT2D eigenvalue weighted by Gasteiger charge is 2.49. The quantitative estimate of drug-likeness (QED) is 0.322. The third-order valence-electron chi connectivity index (χ3n) is 13.0. The van der Waals surface area contributed by atoms with Crippen molar-refractivity contribution in [2.45, 2.75) is 129 Å². The molecule has 4 bridgehead atoms. The molecule has 2 unspecified atom stereocenters. The van der Waals surface area contributed by atoms with Gasteiger partial charge in [-0.05, 0) is 107 Å². The number of likely N-dealkylation sites (N-methyl/N-ethyl adjacent to an activating group) is 1. The molecule has 2 aliphatic carbocycles. The Bertz CT molecular complexity index is 1250. The number of benzene rings is 1. The van der Waals surface area contributed by atoms with Crippen LogP contribution in [-0.2, 0) is 11.2 Å². The fraction of sp³-hybridized carbons (Fsp3) is 0.789. The number of aromatic nitrogens is 2. The molecular weight excluding hydrogens is 542 g/mol. The van der Waals surface area contributed by atoms with E-state index in [0.717, 1.165) is 68.7 Å². The summed E-state index contributed by atoms with van der Waals surface area (Å²) >= 11 is 0. The highest BCUT2D eigenvalue weighted by atomic mass is 16.2. The average molecular weight is 602 g/mol. The number of nitrogens with zero attached hydrogens (tertiary/aromatic N) is 5. The monoisotopic (exact) mass is 601 g/mol. The Morgan fingerprint density at radius 2 is 1.55 bits per heavy atom. The Morgan fingerprint density at radius 1 is 0.864 bits per heavy atom. The van der Waals surface area contributed by atoms with Crippen LogP contribution in [0, 0.1) is 29.6 Å². The summed E-state index contributed by atoms with van der Waals surface area (Å²) in [4.78, 5) is 25.7. The molecule has 3 aliphatic heterocycles. The van der Waals surface area contributed by atoms with Crippen molar-refractivity contribution in [2.24, 2.45) is 29.6 Å². The van der Waals surface area contributed by atoms with Gasteiger partial charge < -0.3 is 9.47 Å². The molecule has 1 aromatic carbocycles. The lowest BCUT2D eigenvalue weighted by molar-refractivity contribution is -0.131. The minimum atomic E-state index is 0.279. The number of hydrogen-bond donors (Lipinski definition) is 0. The zero-order chi connectivity index (χ0) is 30.4. The molecule has 1 aromatic heterocycles. The average Bonchev–Trinajstić information content (AvgIpc) is 3.57. The van der Waals surface area contributed by atoms with Crippen LogP contribution >= 0.6 is 0 Å². The molecule has 9 atom stereocenters. The van der Waals surface area contributed by atoms with Gasteiger partial charge in [-0.2, -0.15) is 0 Å². The summed E-state index contributed by atoms with van der Waals surface area (Å²) in [5, 5.41) is 0. The standard InChI is InChI=1S/C38H59N5O/c1-5-41(6-2)38(44)25-40-16-15-30(24-40)21-37-39-33-13-9-10-14-34(33)43(37)32-22-35-26(3)17-27(4)36(23-32)42(35)31-19-28-11-7-8-12-29(18-28)20-31/h9-10,13-14,26-32,35-36H,5-8,11-12,15-25H2,1-4H3/t26-,27+,28-,29+,30-,31?,32?,35+,36-/m0/s1. The van der Waals surface area contributed by atoms with Crippen LogP contribution in [-0.4, -0.2) is 81.0 Å². The van der Waals surface area contributed by atoms with Crippen LogP contribution in [0.15, 0.2) is 24.3 Å². The maximum Gasteiger partial charge on any atom is 0.236 e. The van der Waals surface area contributed by atoms with Crippen molar-refractivity contribution < 1.29 is 4.79 Å². The van der Waals surface area contributed by atoms with E-state index in [0.29, 0.717) is 30.6 Å². The zero-order valence-electron chi connectivity index (χ0n) is 28.2. The van der Waals surface area contributed by atoms with E-state index >= 15 is 0 Å². The van der Waals surface area contributed by atoms with Gasteiger partial charge in [-0.15, -0.1) is 0 Å². The maximum absolute atomic E-state index is 12.8. The van der Waals surface area contributed by atoms with Gasteiger partial charge in [0.1, 0.15) is 5.82 Å². The normalized spacial score (nSPS) is 36.4. The van der Waals surface area contributed by atoms with Crippen LogP contribution in [0.2, 0.25) is 0 Å². The van der Waals surface area contributed by atoms with Gasteiger partial charge in [0.25, 0.3) is 0 Å². The Balaban J connectivity index is 1.12. The van der Waals surface area contributed by atoms with E-state index in [9.17, 15) is 4.79 Å². The topological polar surface area (TPSA) is 44.6 Å². The molecule has 44 heavy (non-hydrogen) atoms. The maximum atomic E-state index is 12.8. The lowest BCUT2D eigenvalue weighted by Gasteiger charge is -2.58. The summed E-state index contributed by atoms with van der Waals surface area (Å²) in [5.41, 5.74) is 2.51. The molecule has 0 N–H and O–H groups in total. The highest BCUT2D eigenvalue weighted by Crippen LogP contribution is 2.50. The number of hydrogen-bond acceptors (Lipinski definition) is 4. The van der Waals surface area contributed by atoms with Crippen molar-refractivity contribution in [2.75, 3.05) is 32.7 Å². The molecule has 4 heterocycles. The van der Waals surface area contributed by atoms with Crippen molar-refractivity contribution in [3.05, 3.63) is 30.1 Å². The summed E-state index contributed by atoms with van der Waals surface area (Å²) < 4.78 is 2.72. The first-order valence-corrected chi connectivity index (χ1v) is 18.6. The molecule has 3 saturated heterocycles. The van der Waals surface area contributed by atoms with Gasteiger partial charge in [-0.3, -0.25) is 14.6 Å². The van der Waals surface area contributed by atoms with Crippen LogP contribution < -0.4 is 0 Å². The second-order valence-corrected chi connectivity index (χ2v) is 15.8. The number of amides is 1. The van der Waals surface area contributed by atoms with E-state index in [1.807, 2.05) is 4.90 Å². The van der Waals surface area contributed by atoms with Crippen molar-refractivity contribution in [1.82, 2.24) is 24.3 Å². The van der Waals surface area contributed by atoms with Gasteiger partial charge in [-0.1, -0.05) is 51.7 Å². The van der Waals surface area contributed by atoms with Crippen LogP contribution in [0.5, 0.6) is 0 Å². The molecular formula is C38H59N5O. The first-order valence-electron chi connectivity index (χ1n) is 18.6. The van der Waals surface area contributed by atoms with Gasteiger partial charge >= 0.3 is 0 Å². The predicted molar refractivity (Wildman–Crippen MR) is 180 cm³/mol. The molecule has 242 valence electrons. The number of carbonyl (C=O) groups is 1. The number of para-hydroxylation sites is 2. The minimum Gasteiger partial charge on any atom is -0.342 e. The molecule has 0 radical (unpaired) electrons. The van der Waals surface area contributed by atoms with Gasteiger partial charge in [0, 0.05) is 50.2 Å². The van der Waals surface area contributed by atoms with Gasteiger partial charge in [0.2, 0.25) is 5.91 Å². The summed E-state index contributed by atoms with van der Waals surface area (Å²) in [6.45, 7) is 13.5. The van der Waals surface area contributed by atoms with E-state index < -0.39 is 0 Å². The Labute approximate surface area is 266 Å². The minimum absolute atomic E-state index is 0.279. The summed E-state index contributed by atoms with van der Waals surface area (Å²) in [5.74, 6) is 5.62. The second-order valence-electron chi connectivity index (χ2n) is 15.8. The lowest BCUT2D eigenvalue weighted by Crippen LogP contribution is -2.62. The third kappa shape index (κ3) is 5.99. The van der Waals surface area contributed by atoms with Crippen LogP contribution in [0.1, 0.15) is 110 Å². The SMILES string of the molecule is CCN(CC)C(=O)CN1CC[C@@H](Cc2nc3ccccc3n2C2C[C@@H]3[C@@H](C)C[C@@H](C)[C@H](C2)N3C2C[C@H]3CCCC[C@@H](C2)C3)C1. The summed E-state index contributed by atoms with van der Waals surface area (Å²) in [6, 6.07) is 11.7. The van der Waals surface area contributed by atoms with Crippen LogP contribution in [0.25, 0.3) is 11.0 Å². The Hall–Kier alpha value is -1.92. The molecule has 5 aliphatic rings. The fourth-order valence-corrected chi connectivity index (χ4v) is 11.0. The zero-order valence-corrected chi connectivity index (χ0v) is 28.2.